The van der Waals surface area contributed by atoms with Crippen LogP contribution in [0, 0.1) is 0 Å². The molecular weight excluding hydrogens is 184 g/mol. The van der Waals surface area contributed by atoms with E-state index in [4.69, 9.17) is 9.84 Å². The van der Waals surface area contributed by atoms with Gasteiger partial charge in [0, 0.05) is 12.3 Å². The lowest BCUT2D eigenvalue weighted by atomic mass is 9.96. The van der Waals surface area contributed by atoms with Crippen LogP contribution in [0.25, 0.3) is 0 Å². The summed E-state index contributed by atoms with van der Waals surface area (Å²) in [6.07, 6.45) is 4.80. The quantitative estimate of drug-likeness (QED) is 0.780. The van der Waals surface area contributed by atoms with Crippen LogP contribution in [0.5, 0.6) is 5.88 Å². The Morgan fingerprint density at radius 1 is 1.57 bits per heavy atom. The van der Waals surface area contributed by atoms with Crippen LogP contribution in [-0.2, 0) is 0 Å². The molecule has 1 saturated carbocycles. The molecule has 0 aliphatic heterocycles. The first-order valence-electron chi connectivity index (χ1n) is 4.49. The SMILES string of the molecule is O=C(O)c1nccc(OC2CCC2)n1. The molecule has 1 aromatic heterocycles. The Labute approximate surface area is 80.8 Å². The third kappa shape index (κ3) is 1.81. The number of hydrogen-bond donors (Lipinski definition) is 1. The molecule has 0 saturated heterocycles. The van der Waals surface area contributed by atoms with Crippen LogP contribution in [-0.4, -0.2) is 27.1 Å². The Bertz CT molecular complexity index is 350. The molecule has 0 radical (unpaired) electrons. The summed E-state index contributed by atoms with van der Waals surface area (Å²) in [6, 6.07) is 1.57. The van der Waals surface area contributed by atoms with Crippen LogP contribution in [0.2, 0.25) is 0 Å². The van der Waals surface area contributed by atoms with Crippen LogP contribution in [0.4, 0.5) is 0 Å². The highest BCUT2D eigenvalue weighted by Gasteiger charge is 2.20. The molecule has 0 amide bonds. The first-order valence-corrected chi connectivity index (χ1v) is 4.49. The lowest BCUT2D eigenvalue weighted by Crippen LogP contribution is -2.25. The Kier molecular flexibility index (Phi) is 2.30. The number of hydrogen-bond acceptors (Lipinski definition) is 4. The van der Waals surface area contributed by atoms with Gasteiger partial charge in [-0.25, -0.2) is 9.78 Å². The van der Waals surface area contributed by atoms with E-state index >= 15 is 0 Å². The van der Waals surface area contributed by atoms with Crippen molar-refractivity contribution >= 4 is 5.97 Å². The largest absolute Gasteiger partial charge is 0.475 e. The van der Waals surface area contributed by atoms with Gasteiger partial charge in [0.2, 0.25) is 11.7 Å². The number of carboxylic acid groups (broad SMARTS) is 1. The van der Waals surface area contributed by atoms with Crippen molar-refractivity contribution in [3.05, 3.63) is 18.1 Å². The van der Waals surface area contributed by atoms with E-state index in [9.17, 15) is 4.79 Å². The van der Waals surface area contributed by atoms with Gasteiger partial charge in [0.05, 0.1) is 0 Å². The third-order valence-corrected chi connectivity index (χ3v) is 2.16. The minimum Gasteiger partial charge on any atom is -0.475 e. The summed E-state index contributed by atoms with van der Waals surface area (Å²) in [4.78, 5) is 17.9. The van der Waals surface area contributed by atoms with E-state index < -0.39 is 5.97 Å². The Balaban J connectivity index is 2.09. The van der Waals surface area contributed by atoms with Gasteiger partial charge in [-0.1, -0.05) is 0 Å². The second kappa shape index (κ2) is 3.61. The summed E-state index contributed by atoms with van der Waals surface area (Å²) in [5.41, 5.74) is 0. The molecule has 0 spiro atoms. The molecule has 1 aromatic rings. The van der Waals surface area contributed by atoms with Crippen LogP contribution >= 0.6 is 0 Å². The fourth-order valence-corrected chi connectivity index (χ4v) is 1.17. The van der Waals surface area contributed by atoms with Crippen molar-refractivity contribution in [1.82, 2.24) is 9.97 Å². The van der Waals surface area contributed by atoms with Crippen molar-refractivity contribution in [2.45, 2.75) is 25.4 Å². The number of rotatable bonds is 3. The number of nitrogens with zero attached hydrogens (tertiary/aromatic N) is 2. The molecule has 1 N–H and O–H groups in total. The Hall–Kier alpha value is -1.65. The fraction of sp³-hybridized carbons (Fsp3) is 0.444. The maximum Gasteiger partial charge on any atom is 0.374 e. The molecule has 1 aliphatic rings. The summed E-state index contributed by atoms with van der Waals surface area (Å²) in [6.45, 7) is 0. The van der Waals surface area contributed by atoms with Gasteiger partial charge in [-0.15, -0.1) is 0 Å². The maximum absolute atomic E-state index is 10.5. The van der Waals surface area contributed by atoms with E-state index in [2.05, 4.69) is 9.97 Å². The minimum absolute atomic E-state index is 0.201. The molecule has 0 unspecified atom stereocenters. The standard InChI is InChI=1S/C9H10N2O3/c12-9(13)8-10-5-4-7(11-8)14-6-2-1-3-6/h4-6H,1-3H2,(H,12,13). The van der Waals surface area contributed by atoms with E-state index in [0.717, 1.165) is 12.8 Å². The van der Waals surface area contributed by atoms with E-state index in [-0.39, 0.29) is 11.9 Å². The number of carbonyl (C=O) groups is 1. The molecule has 1 fully saturated rings. The average Bonchev–Trinajstić information content (AvgIpc) is 2.12. The lowest BCUT2D eigenvalue weighted by Gasteiger charge is -2.25. The zero-order chi connectivity index (χ0) is 9.97. The monoisotopic (exact) mass is 194 g/mol. The van der Waals surface area contributed by atoms with Gasteiger partial charge in [-0.3, -0.25) is 0 Å². The average molecular weight is 194 g/mol. The smallest absolute Gasteiger partial charge is 0.374 e. The van der Waals surface area contributed by atoms with E-state index in [1.807, 2.05) is 0 Å². The summed E-state index contributed by atoms with van der Waals surface area (Å²) >= 11 is 0. The molecule has 0 bridgehead atoms. The molecule has 5 heteroatoms. The molecule has 14 heavy (non-hydrogen) atoms. The fourth-order valence-electron chi connectivity index (χ4n) is 1.17. The number of carboxylic acids is 1. The van der Waals surface area contributed by atoms with E-state index in [1.54, 1.807) is 6.07 Å². The molecule has 2 rings (SSSR count). The topological polar surface area (TPSA) is 72.3 Å². The van der Waals surface area contributed by atoms with E-state index in [0.29, 0.717) is 5.88 Å². The van der Waals surface area contributed by atoms with Crippen LogP contribution in [0.15, 0.2) is 12.3 Å². The molecule has 0 atom stereocenters. The third-order valence-electron chi connectivity index (χ3n) is 2.16. The van der Waals surface area contributed by atoms with Gasteiger partial charge in [-0.05, 0) is 19.3 Å². The predicted molar refractivity (Wildman–Crippen MR) is 47.3 cm³/mol. The van der Waals surface area contributed by atoms with Crippen LogP contribution < -0.4 is 4.74 Å². The zero-order valence-corrected chi connectivity index (χ0v) is 7.51. The summed E-state index contributed by atoms with van der Waals surface area (Å²) in [5, 5.41) is 8.63. The van der Waals surface area contributed by atoms with Gasteiger partial charge in [0.25, 0.3) is 0 Å². The second-order valence-electron chi connectivity index (χ2n) is 3.19. The highest BCUT2D eigenvalue weighted by molar-refractivity contribution is 5.83. The van der Waals surface area contributed by atoms with Gasteiger partial charge < -0.3 is 9.84 Å². The highest BCUT2D eigenvalue weighted by atomic mass is 16.5. The normalized spacial score (nSPS) is 16.0. The van der Waals surface area contributed by atoms with Crippen molar-refractivity contribution in [3.8, 4) is 5.88 Å². The number of ether oxygens (including phenoxy) is 1. The van der Waals surface area contributed by atoms with Crippen molar-refractivity contribution in [2.24, 2.45) is 0 Å². The van der Waals surface area contributed by atoms with Crippen molar-refractivity contribution < 1.29 is 14.6 Å². The zero-order valence-electron chi connectivity index (χ0n) is 7.51. The molecule has 0 aromatic carbocycles. The maximum atomic E-state index is 10.5. The molecule has 5 nitrogen and oxygen atoms in total. The Morgan fingerprint density at radius 3 is 2.93 bits per heavy atom. The first kappa shape index (κ1) is 8.93. The minimum atomic E-state index is -1.14. The van der Waals surface area contributed by atoms with Gasteiger partial charge >= 0.3 is 5.97 Å². The first-order chi connectivity index (χ1) is 6.75. The number of aromatic carboxylic acids is 1. The van der Waals surface area contributed by atoms with Crippen LogP contribution in [0.1, 0.15) is 29.9 Å². The summed E-state index contributed by atoms with van der Waals surface area (Å²) in [5.74, 6) is -1.01. The molecule has 1 aliphatic carbocycles. The molecule has 1 heterocycles. The highest BCUT2D eigenvalue weighted by Crippen LogP contribution is 2.23. The van der Waals surface area contributed by atoms with Gasteiger partial charge in [-0.2, -0.15) is 4.98 Å². The van der Waals surface area contributed by atoms with E-state index in [1.165, 1.54) is 12.6 Å². The molecule has 74 valence electrons. The second-order valence-corrected chi connectivity index (χ2v) is 3.19. The predicted octanol–water partition coefficient (Wildman–Crippen LogP) is 1.11. The van der Waals surface area contributed by atoms with Gasteiger partial charge in [0.15, 0.2) is 0 Å². The Morgan fingerprint density at radius 2 is 2.36 bits per heavy atom. The lowest BCUT2D eigenvalue weighted by molar-refractivity contribution is 0.0677. The van der Waals surface area contributed by atoms with Crippen molar-refractivity contribution in [2.75, 3.05) is 0 Å². The van der Waals surface area contributed by atoms with Crippen molar-refractivity contribution in [1.29, 1.82) is 0 Å². The van der Waals surface area contributed by atoms with Crippen molar-refractivity contribution in [3.63, 3.8) is 0 Å². The summed E-state index contributed by atoms with van der Waals surface area (Å²) < 4.78 is 5.43. The number of aromatic nitrogens is 2. The van der Waals surface area contributed by atoms with Gasteiger partial charge in [0.1, 0.15) is 6.10 Å². The molecular formula is C9H10N2O3. The van der Waals surface area contributed by atoms with Crippen LogP contribution in [0.3, 0.4) is 0 Å². The summed E-state index contributed by atoms with van der Waals surface area (Å²) in [7, 11) is 0.